The molecule has 0 atom stereocenters. The van der Waals surface area contributed by atoms with Crippen molar-refractivity contribution in [2.75, 3.05) is 26.3 Å². The van der Waals surface area contributed by atoms with Crippen LogP contribution in [0.4, 0.5) is 0 Å². The zero-order valence-electron chi connectivity index (χ0n) is 8.52. The molecule has 1 aliphatic heterocycles. The largest absolute Gasteiger partial charge is 0.476 e. The first kappa shape index (κ1) is 11.7. The number of hydrogen-bond acceptors (Lipinski definition) is 5. The van der Waals surface area contributed by atoms with Crippen LogP contribution in [0.5, 0.6) is 0 Å². The van der Waals surface area contributed by atoms with Gasteiger partial charge in [-0.3, -0.25) is 0 Å². The molecule has 0 bridgehead atoms. The number of carboxylic acid groups (broad SMARTS) is 1. The monoisotopic (exact) mass is 214 g/mol. The minimum absolute atomic E-state index is 0.0486. The van der Waals surface area contributed by atoms with Gasteiger partial charge in [0.2, 0.25) is 0 Å². The van der Waals surface area contributed by atoms with Gasteiger partial charge in [-0.1, -0.05) is 5.16 Å². The van der Waals surface area contributed by atoms with Crippen molar-refractivity contribution in [1.82, 2.24) is 10.5 Å². The van der Waals surface area contributed by atoms with Crippen molar-refractivity contribution in [2.24, 2.45) is 0 Å². The first-order valence-corrected chi connectivity index (χ1v) is 4.65. The lowest BCUT2D eigenvalue weighted by Gasteiger charge is -2.10. The first-order valence-electron chi connectivity index (χ1n) is 4.65. The number of carbonyl (C=O) groups is 1. The lowest BCUT2D eigenvalue weighted by atomic mass is 10.4. The summed E-state index contributed by atoms with van der Waals surface area (Å²) in [6, 6.07) is 1.36. The van der Waals surface area contributed by atoms with E-state index in [9.17, 15) is 4.79 Å². The van der Waals surface area contributed by atoms with E-state index in [0.717, 1.165) is 26.3 Å². The quantitative estimate of drug-likeness (QED) is 0.698. The van der Waals surface area contributed by atoms with Crippen molar-refractivity contribution in [2.45, 2.75) is 6.92 Å². The highest BCUT2D eigenvalue weighted by Crippen LogP contribution is 1.99. The summed E-state index contributed by atoms with van der Waals surface area (Å²) in [5.41, 5.74) is -0.0486. The summed E-state index contributed by atoms with van der Waals surface area (Å²) in [4.78, 5) is 10.1. The van der Waals surface area contributed by atoms with Gasteiger partial charge in [0.05, 0.1) is 13.2 Å². The number of aryl methyl sites for hydroxylation is 1. The molecule has 1 aliphatic rings. The van der Waals surface area contributed by atoms with E-state index in [4.69, 9.17) is 9.84 Å². The zero-order chi connectivity index (χ0) is 11.1. The number of rotatable bonds is 1. The van der Waals surface area contributed by atoms with Crippen LogP contribution in [-0.2, 0) is 4.74 Å². The van der Waals surface area contributed by atoms with Crippen LogP contribution in [0.2, 0.25) is 0 Å². The Morgan fingerprint density at radius 2 is 2.20 bits per heavy atom. The van der Waals surface area contributed by atoms with Crippen LogP contribution in [0.25, 0.3) is 0 Å². The fourth-order valence-electron chi connectivity index (χ4n) is 0.983. The molecular formula is C9H14N2O4. The Kier molecular flexibility index (Phi) is 4.79. The van der Waals surface area contributed by atoms with Crippen molar-refractivity contribution in [3.05, 3.63) is 17.5 Å². The van der Waals surface area contributed by atoms with Crippen molar-refractivity contribution < 1.29 is 19.2 Å². The Bertz CT molecular complexity index is 295. The van der Waals surface area contributed by atoms with E-state index in [1.54, 1.807) is 6.92 Å². The normalized spacial score (nSPS) is 15.3. The molecule has 2 heterocycles. The number of carboxylic acids is 1. The first-order chi connectivity index (χ1) is 7.20. The molecule has 0 unspecified atom stereocenters. The Labute approximate surface area is 87.2 Å². The standard InChI is InChI=1S/C5H5NO3.C4H9NO/c1-3-2-4(5(7)8)6-9-3;1-3-6-4-2-5-1/h2H,1H3,(H,7,8);5H,1-4H2. The molecule has 6 heteroatoms. The average molecular weight is 214 g/mol. The molecule has 15 heavy (non-hydrogen) atoms. The van der Waals surface area contributed by atoms with E-state index in [-0.39, 0.29) is 5.69 Å². The topological polar surface area (TPSA) is 84.6 Å². The number of ether oxygens (including phenoxy) is 1. The number of nitrogens with zero attached hydrogens (tertiary/aromatic N) is 1. The lowest BCUT2D eigenvalue weighted by Crippen LogP contribution is -2.30. The maximum atomic E-state index is 10.1. The van der Waals surface area contributed by atoms with Crippen LogP contribution < -0.4 is 5.32 Å². The summed E-state index contributed by atoms with van der Waals surface area (Å²) in [6.07, 6.45) is 0. The highest BCUT2D eigenvalue weighted by Gasteiger charge is 2.06. The number of nitrogens with one attached hydrogen (secondary N) is 1. The number of aromatic nitrogens is 1. The van der Waals surface area contributed by atoms with Gasteiger partial charge in [0.25, 0.3) is 0 Å². The highest BCUT2D eigenvalue weighted by molar-refractivity contribution is 5.85. The van der Waals surface area contributed by atoms with Gasteiger partial charge in [-0.25, -0.2) is 4.79 Å². The second-order valence-corrected chi connectivity index (χ2v) is 2.99. The molecule has 84 valence electrons. The Morgan fingerprint density at radius 1 is 1.53 bits per heavy atom. The summed E-state index contributed by atoms with van der Waals surface area (Å²) >= 11 is 0. The van der Waals surface area contributed by atoms with Crippen molar-refractivity contribution in [1.29, 1.82) is 0 Å². The molecule has 1 fully saturated rings. The minimum atomic E-state index is -1.06. The molecule has 0 amide bonds. The molecule has 0 spiro atoms. The molecule has 0 aliphatic carbocycles. The van der Waals surface area contributed by atoms with Crippen LogP contribution >= 0.6 is 0 Å². The fraction of sp³-hybridized carbons (Fsp3) is 0.556. The van der Waals surface area contributed by atoms with Gasteiger partial charge >= 0.3 is 5.97 Å². The number of morpholine rings is 1. The SMILES string of the molecule is C1COCCN1.Cc1cc(C(=O)O)no1. The van der Waals surface area contributed by atoms with Crippen molar-refractivity contribution in [3.63, 3.8) is 0 Å². The van der Waals surface area contributed by atoms with E-state index < -0.39 is 5.97 Å². The third kappa shape index (κ3) is 4.57. The maximum absolute atomic E-state index is 10.1. The predicted molar refractivity (Wildman–Crippen MR) is 51.9 cm³/mol. The van der Waals surface area contributed by atoms with Crippen LogP contribution in [0.1, 0.15) is 16.2 Å². The van der Waals surface area contributed by atoms with Crippen LogP contribution in [-0.4, -0.2) is 42.5 Å². The molecule has 2 rings (SSSR count). The van der Waals surface area contributed by atoms with E-state index in [2.05, 4.69) is 15.0 Å². The molecule has 1 aromatic rings. The molecule has 0 saturated carbocycles. The van der Waals surface area contributed by atoms with Gasteiger partial charge < -0.3 is 19.7 Å². The number of aromatic carboxylic acids is 1. The molecule has 1 saturated heterocycles. The van der Waals surface area contributed by atoms with Crippen LogP contribution in [0, 0.1) is 6.92 Å². The van der Waals surface area contributed by atoms with E-state index in [1.807, 2.05) is 0 Å². The molecule has 2 N–H and O–H groups in total. The molecule has 6 nitrogen and oxygen atoms in total. The molecule has 0 radical (unpaired) electrons. The summed E-state index contributed by atoms with van der Waals surface area (Å²) in [7, 11) is 0. The number of hydrogen-bond donors (Lipinski definition) is 2. The summed E-state index contributed by atoms with van der Waals surface area (Å²) in [6.45, 7) is 5.47. The van der Waals surface area contributed by atoms with Gasteiger partial charge in [0.1, 0.15) is 5.76 Å². The molecule has 1 aromatic heterocycles. The van der Waals surface area contributed by atoms with Crippen molar-refractivity contribution in [3.8, 4) is 0 Å². The zero-order valence-corrected chi connectivity index (χ0v) is 8.52. The van der Waals surface area contributed by atoms with Gasteiger partial charge in [-0.05, 0) is 6.92 Å². The molecular weight excluding hydrogens is 200 g/mol. The Hall–Kier alpha value is -1.40. The van der Waals surface area contributed by atoms with E-state index in [0.29, 0.717) is 5.76 Å². The van der Waals surface area contributed by atoms with Crippen molar-refractivity contribution >= 4 is 5.97 Å². The maximum Gasteiger partial charge on any atom is 0.358 e. The summed E-state index contributed by atoms with van der Waals surface area (Å²) in [5.74, 6) is -0.556. The minimum Gasteiger partial charge on any atom is -0.476 e. The predicted octanol–water partition coefficient (Wildman–Crippen LogP) is 0.287. The average Bonchev–Trinajstić information content (AvgIpc) is 2.69. The van der Waals surface area contributed by atoms with Gasteiger partial charge in [-0.15, -0.1) is 0 Å². The fourth-order valence-corrected chi connectivity index (χ4v) is 0.983. The third-order valence-electron chi connectivity index (χ3n) is 1.69. The van der Waals surface area contributed by atoms with Gasteiger partial charge in [-0.2, -0.15) is 0 Å². The Morgan fingerprint density at radius 3 is 2.40 bits per heavy atom. The Balaban J connectivity index is 0.000000162. The lowest BCUT2D eigenvalue weighted by molar-refractivity contribution is 0.0685. The van der Waals surface area contributed by atoms with Crippen LogP contribution in [0.3, 0.4) is 0 Å². The highest BCUT2D eigenvalue weighted by atomic mass is 16.5. The second-order valence-electron chi connectivity index (χ2n) is 2.99. The smallest absolute Gasteiger partial charge is 0.358 e. The summed E-state index contributed by atoms with van der Waals surface area (Å²) < 4.78 is 9.50. The summed E-state index contributed by atoms with van der Waals surface area (Å²) in [5, 5.41) is 14.7. The second kappa shape index (κ2) is 6.15. The van der Waals surface area contributed by atoms with Gasteiger partial charge in [0, 0.05) is 19.2 Å². The third-order valence-corrected chi connectivity index (χ3v) is 1.69. The van der Waals surface area contributed by atoms with Gasteiger partial charge in [0.15, 0.2) is 5.69 Å². The van der Waals surface area contributed by atoms with E-state index in [1.165, 1.54) is 6.07 Å². The molecule has 0 aromatic carbocycles. The van der Waals surface area contributed by atoms with E-state index >= 15 is 0 Å². The van der Waals surface area contributed by atoms with Crippen LogP contribution in [0.15, 0.2) is 10.6 Å².